The standard InChI is InChI=1S/C18H20ClNO2/c1-14(16-8-10-17(22-2)11-9-16)20(18(21)12-19)13-15-6-4-3-5-7-15/h3-11,14H,12-13H2,1-2H3/t14-/m0/s1. The van der Waals surface area contributed by atoms with Crippen molar-refractivity contribution in [3.8, 4) is 5.75 Å². The molecule has 0 N–H and O–H groups in total. The van der Waals surface area contributed by atoms with Crippen LogP contribution in [0.2, 0.25) is 0 Å². The summed E-state index contributed by atoms with van der Waals surface area (Å²) in [7, 11) is 1.64. The highest BCUT2D eigenvalue weighted by molar-refractivity contribution is 6.27. The van der Waals surface area contributed by atoms with E-state index in [9.17, 15) is 4.79 Å². The van der Waals surface area contributed by atoms with Crippen LogP contribution >= 0.6 is 11.6 Å². The van der Waals surface area contributed by atoms with E-state index < -0.39 is 0 Å². The SMILES string of the molecule is COc1ccc([C@H](C)N(Cc2ccccc2)C(=O)CCl)cc1. The van der Waals surface area contributed by atoms with Crippen molar-refractivity contribution in [2.45, 2.75) is 19.5 Å². The summed E-state index contributed by atoms with van der Waals surface area (Å²) < 4.78 is 5.17. The van der Waals surface area contributed by atoms with Crippen molar-refractivity contribution in [3.63, 3.8) is 0 Å². The van der Waals surface area contributed by atoms with Crippen molar-refractivity contribution in [2.75, 3.05) is 13.0 Å². The summed E-state index contributed by atoms with van der Waals surface area (Å²) in [5, 5.41) is 0. The number of alkyl halides is 1. The Balaban J connectivity index is 2.21. The summed E-state index contributed by atoms with van der Waals surface area (Å²) in [6, 6.07) is 17.6. The lowest BCUT2D eigenvalue weighted by Crippen LogP contribution is -2.34. The summed E-state index contributed by atoms with van der Waals surface area (Å²) >= 11 is 5.78. The summed E-state index contributed by atoms with van der Waals surface area (Å²) in [6.45, 7) is 2.55. The fourth-order valence-electron chi connectivity index (χ4n) is 2.36. The smallest absolute Gasteiger partial charge is 0.238 e. The molecule has 0 radical (unpaired) electrons. The van der Waals surface area contributed by atoms with Crippen LogP contribution in [-0.4, -0.2) is 23.8 Å². The Morgan fingerprint density at radius 2 is 1.77 bits per heavy atom. The molecule has 0 spiro atoms. The molecule has 0 aliphatic heterocycles. The van der Waals surface area contributed by atoms with Gasteiger partial charge in [0.15, 0.2) is 0 Å². The van der Waals surface area contributed by atoms with Crippen LogP contribution in [0.3, 0.4) is 0 Å². The van der Waals surface area contributed by atoms with Gasteiger partial charge >= 0.3 is 0 Å². The number of ether oxygens (including phenoxy) is 1. The van der Waals surface area contributed by atoms with Crippen molar-refractivity contribution in [3.05, 3.63) is 65.7 Å². The van der Waals surface area contributed by atoms with Crippen LogP contribution in [0.1, 0.15) is 24.1 Å². The Bertz CT molecular complexity index is 598. The van der Waals surface area contributed by atoms with Crippen molar-refractivity contribution in [1.29, 1.82) is 0 Å². The molecule has 4 heteroatoms. The van der Waals surface area contributed by atoms with Crippen molar-refractivity contribution in [1.82, 2.24) is 4.90 Å². The van der Waals surface area contributed by atoms with E-state index in [4.69, 9.17) is 16.3 Å². The number of methoxy groups -OCH3 is 1. The van der Waals surface area contributed by atoms with Gasteiger partial charge in [-0.25, -0.2) is 0 Å². The Labute approximate surface area is 136 Å². The van der Waals surface area contributed by atoms with Crippen LogP contribution in [0.5, 0.6) is 5.75 Å². The van der Waals surface area contributed by atoms with Gasteiger partial charge in [-0.05, 0) is 30.2 Å². The Hall–Kier alpha value is -2.00. The average molecular weight is 318 g/mol. The molecular weight excluding hydrogens is 298 g/mol. The number of carbonyl (C=O) groups is 1. The van der Waals surface area contributed by atoms with Crippen molar-refractivity contribution >= 4 is 17.5 Å². The lowest BCUT2D eigenvalue weighted by Gasteiger charge is -2.29. The van der Waals surface area contributed by atoms with E-state index in [0.29, 0.717) is 6.54 Å². The zero-order valence-corrected chi connectivity index (χ0v) is 13.6. The first-order valence-corrected chi connectivity index (χ1v) is 7.72. The van der Waals surface area contributed by atoms with E-state index in [2.05, 4.69) is 0 Å². The molecule has 116 valence electrons. The largest absolute Gasteiger partial charge is 0.497 e. The van der Waals surface area contributed by atoms with Crippen LogP contribution in [-0.2, 0) is 11.3 Å². The van der Waals surface area contributed by atoms with Crippen LogP contribution < -0.4 is 4.74 Å². The minimum atomic E-state index is -0.0752. The summed E-state index contributed by atoms with van der Waals surface area (Å²) in [6.07, 6.45) is 0. The third-order valence-corrected chi connectivity index (χ3v) is 3.92. The Morgan fingerprint density at radius 1 is 1.14 bits per heavy atom. The molecule has 0 unspecified atom stereocenters. The van der Waals surface area contributed by atoms with Gasteiger partial charge in [0.25, 0.3) is 0 Å². The molecule has 0 bridgehead atoms. The Kier molecular flexibility index (Phi) is 5.84. The van der Waals surface area contributed by atoms with Crippen molar-refractivity contribution < 1.29 is 9.53 Å². The molecule has 3 nitrogen and oxygen atoms in total. The maximum atomic E-state index is 12.2. The first-order valence-electron chi connectivity index (χ1n) is 7.19. The molecule has 0 aliphatic rings. The quantitative estimate of drug-likeness (QED) is 0.753. The molecule has 0 aromatic heterocycles. The topological polar surface area (TPSA) is 29.5 Å². The van der Waals surface area contributed by atoms with Gasteiger partial charge in [-0.1, -0.05) is 42.5 Å². The number of rotatable bonds is 6. The third-order valence-electron chi connectivity index (χ3n) is 3.70. The molecule has 1 atom stereocenters. The third kappa shape index (κ3) is 4.01. The summed E-state index contributed by atoms with van der Waals surface area (Å²) in [4.78, 5) is 14.0. The molecule has 0 saturated carbocycles. The van der Waals surface area contributed by atoms with E-state index in [1.54, 1.807) is 12.0 Å². The second-order valence-corrected chi connectivity index (χ2v) is 5.36. The fraction of sp³-hybridized carbons (Fsp3) is 0.278. The normalized spacial score (nSPS) is 11.8. The molecule has 0 fully saturated rings. The van der Waals surface area contributed by atoms with Gasteiger partial charge in [0.2, 0.25) is 5.91 Å². The summed E-state index contributed by atoms with van der Waals surface area (Å²) in [5.74, 6) is 0.705. The highest BCUT2D eigenvalue weighted by atomic mass is 35.5. The number of carbonyl (C=O) groups excluding carboxylic acids is 1. The minimum Gasteiger partial charge on any atom is -0.497 e. The Morgan fingerprint density at radius 3 is 2.32 bits per heavy atom. The minimum absolute atomic E-state index is 0.0205. The number of hydrogen-bond acceptors (Lipinski definition) is 2. The zero-order valence-electron chi connectivity index (χ0n) is 12.8. The van der Waals surface area contributed by atoms with Gasteiger partial charge in [0, 0.05) is 6.54 Å². The first-order chi connectivity index (χ1) is 10.7. The monoisotopic (exact) mass is 317 g/mol. The number of amides is 1. The molecule has 2 rings (SSSR count). The number of halogens is 1. The van der Waals surface area contributed by atoms with Crippen LogP contribution in [0.15, 0.2) is 54.6 Å². The van der Waals surface area contributed by atoms with Gasteiger partial charge in [0.05, 0.1) is 13.2 Å². The van der Waals surface area contributed by atoms with Crippen LogP contribution in [0.25, 0.3) is 0 Å². The average Bonchev–Trinajstić information content (AvgIpc) is 2.59. The number of hydrogen-bond donors (Lipinski definition) is 0. The van der Waals surface area contributed by atoms with Gasteiger partial charge in [-0.2, -0.15) is 0 Å². The van der Waals surface area contributed by atoms with E-state index in [1.807, 2.05) is 61.5 Å². The molecule has 0 heterocycles. The lowest BCUT2D eigenvalue weighted by molar-refractivity contribution is -0.131. The molecule has 2 aromatic carbocycles. The maximum absolute atomic E-state index is 12.2. The predicted octanol–water partition coefficient (Wildman–Crippen LogP) is 4.02. The predicted molar refractivity (Wildman–Crippen MR) is 89.1 cm³/mol. The highest BCUT2D eigenvalue weighted by Crippen LogP contribution is 2.24. The van der Waals surface area contributed by atoms with Gasteiger partial charge in [0.1, 0.15) is 11.6 Å². The molecule has 0 saturated heterocycles. The number of benzene rings is 2. The first kappa shape index (κ1) is 16.4. The van der Waals surface area contributed by atoms with E-state index in [-0.39, 0.29) is 17.8 Å². The van der Waals surface area contributed by atoms with Gasteiger partial charge in [-0.3, -0.25) is 4.79 Å². The summed E-state index contributed by atoms with van der Waals surface area (Å²) in [5.41, 5.74) is 2.14. The van der Waals surface area contributed by atoms with Gasteiger partial charge < -0.3 is 9.64 Å². The second kappa shape index (κ2) is 7.85. The molecule has 22 heavy (non-hydrogen) atoms. The van der Waals surface area contributed by atoms with Crippen molar-refractivity contribution in [2.24, 2.45) is 0 Å². The van der Waals surface area contributed by atoms with E-state index >= 15 is 0 Å². The van der Waals surface area contributed by atoms with E-state index in [0.717, 1.165) is 16.9 Å². The second-order valence-electron chi connectivity index (χ2n) is 5.09. The molecule has 2 aromatic rings. The van der Waals surface area contributed by atoms with Crippen LogP contribution in [0.4, 0.5) is 0 Å². The van der Waals surface area contributed by atoms with E-state index in [1.165, 1.54) is 0 Å². The molecule has 0 aliphatic carbocycles. The number of nitrogens with zero attached hydrogens (tertiary/aromatic N) is 1. The highest BCUT2D eigenvalue weighted by Gasteiger charge is 2.21. The zero-order chi connectivity index (χ0) is 15.9. The van der Waals surface area contributed by atoms with Gasteiger partial charge in [-0.15, -0.1) is 11.6 Å². The lowest BCUT2D eigenvalue weighted by atomic mass is 10.1. The fourth-order valence-corrected chi connectivity index (χ4v) is 2.51. The maximum Gasteiger partial charge on any atom is 0.238 e. The molecular formula is C18H20ClNO2. The van der Waals surface area contributed by atoms with Crippen LogP contribution in [0, 0.1) is 0 Å². The molecule has 1 amide bonds.